The first-order valence-corrected chi connectivity index (χ1v) is 8.36. The summed E-state index contributed by atoms with van der Waals surface area (Å²) in [5, 5.41) is 2.31. The predicted octanol–water partition coefficient (Wildman–Crippen LogP) is 2.96. The maximum atomic E-state index is 13.3. The first kappa shape index (κ1) is 17.9. The van der Waals surface area contributed by atoms with Crippen molar-refractivity contribution in [1.82, 2.24) is 10.2 Å². The zero-order chi connectivity index (χ0) is 17.7. The number of nitrogens with two attached hydrogens (primary N) is 1. The van der Waals surface area contributed by atoms with Gasteiger partial charge in [-0.25, -0.2) is 9.18 Å². The molecule has 2 aromatic rings. The predicted molar refractivity (Wildman–Crippen MR) is 93.0 cm³/mol. The molecule has 24 heavy (non-hydrogen) atoms. The van der Waals surface area contributed by atoms with Gasteiger partial charge in [-0.05, 0) is 43.7 Å². The average Bonchev–Trinajstić information content (AvgIpc) is 2.98. The Morgan fingerprint density at radius 3 is 2.67 bits per heavy atom. The van der Waals surface area contributed by atoms with Crippen LogP contribution in [0.5, 0.6) is 0 Å². The molecule has 0 atom stereocenters. The summed E-state index contributed by atoms with van der Waals surface area (Å²) in [5.41, 5.74) is 5.81. The van der Waals surface area contributed by atoms with E-state index in [2.05, 4.69) is 5.32 Å². The summed E-state index contributed by atoms with van der Waals surface area (Å²) in [6, 6.07) is 9.50. The number of halogens is 1. The van der Waals surface area contributed by atoms with Gasteiger partial charge in [0, 0.05) is 15.8 Å². The summed E-state index contributed by atoms with van der Waals surface area (Å²) >= 11 is 1.51. The average molecular weight is 349 g/mol. The number of hydrogen-bond donors (Lipinski definition) is 2. The minimum Gasteiger partial charge on any atom is -0.352 e. The Morgan fingerprint density at radius 2 is 2.04 bits per heavy atom. The van der Waals surface area contributed by atoms with Gasteiger partial charge < -0.3 is 16.0 Å². The Bertz CT molecular complexity index is 730. The molecule has 0 saturated carbocycles. The minimum absolute atomic E-state index is 0.0214. The molecule has 2 rings (SSSR count). The van der Waals surface area contributed by atoms with E-state index in [1.54, 1.807) is 11.0 Å². The molecule has 0 aliphatic heterocycles. The molecular formula is C17H20FN3O2S. The van der Waals surface area contributed by atoms with E-state index in [0.29, 0.717) is 6.54 Å². The molecule has 7 heteroatoms. The molecule has 0 aliphatic carbocycles. The topological polar surface area (TPSA) is 75.4 Å². The number of primary amides is 1. The van der Waals surface area contributed by atoms with Gasteiger partial charge in [0.1, 0.15) is 5.82 Å². The van der Waals surface area contributed by atoms with Crippen molar-refractivity contribution >= 4 is 23.3 Å². The third kappa shape index (κ3) is 4.79. The summed E-state index contributed by atoms with van der Waals surface area (Å²) in [7, 11) is 0. The zero-order valence-corrected chi connectivity index (χ0v) is 14.4. The molecule has 0 spiro atoms. The van der Waals surface area contributed by atoms with Crippen LogP contribution in [0.2, 0.25) is 0 Å². The lowest BCUT2D eigenvalue weighted by molar-refractivity contribution is -0.132. The van der Waals surface area contributed by atoms with Crippen molar-refractivity contribution in [1.29, 1.82) is 0 Å². The number of thiophene rings is 1. The number of carbonyl (C=O) groups is 2. The van der Waals surface area contributed by atoms with Gasteiger partial charge in [-0.2, -0.15) is 0 Å². The maximum absolute atomic E-state index is 13.3. The van der Waals surface area contributed by atoms with E-state index in [4.69, 9.17) is 5.73 Å². The van der Waals surface area contributed by atoms with E-state index in [9.17, 15) is 14.0 Å². The zero-order valence-electron chi connectivity index (χ0n) is 13.6. The van der Waals surface area contributed by atoms with E-state index < -0.39 is 6.03 Å². The van der Waals surface area contributed by atoms with E-state index in [1.165, 1.54) is 23.5 Å². The summed E-state index contributed by atoms with van der Waals surface area (Å²) in [4.78, 5) is 26.6. The van der Waals surface area contributed by atoms with Gasteiger partial charge in [-0.3, -0.25) is 4.79 Å². The Hall–Kier alpha value is -2.41. The quantitative estimate of drug-likeness (QED) is 0.841. The highest BCUT2D eigenvalue weighted by Gasteiger charge is 2.18. The third-order valence-electron chi connectivity index (χ3n) is 3.45. The Morgan fingerprint density at radius 1 is 1.29 bits per heavy atom. The molecule has 1 aromatic carbocycles. The second kappa shape index (κ2) is 7.92. The molecule has 0 bridgehead atoms. The lowest BCUT2D eigenvalue weighted by Gasteiger charge is -2.26. The van der Waals surface area contributed by atoms with Gasteiger partial charge in [0.2, 0.25) is 5.91 Å². The number of urea groups is 1. The fraction of sp³-hybridized carbons (Fsp3) is 0.294. The molecule has 0 aliphatic rings. The van der Waals surface area contributed by atoms with Crippen molar-refractivity contribution < 1.29 is 14.0 Å². The van der Waals surface area contributed by atoms with E-state index in [0.717, 1.165) is 15.3 Å². The van der Waals surface area contributed by atoms with Crippen LogP contribution in [0, 0.1) is 5.82 Å². The van der Waals surface area contributed by atoms with E-state index >= 15 is 0 Å². The molecule has 5 nitrogen and oxygen atoms in total. The molecule has 0 fully saturated rings. The number of amides is 3. The maximum Gasteiger partial charge on any atom is 0.312 e. The number of benzene rings is 1. The van der Waals surface area contributed by atoms with Gasteiger partial charge in [0.25, 0.3) is 0 Å². The molecule has 3 amide bonds. The number of hydrogen-bond acceptors (Lipinski definition) is 3. The van der Waals surface area contributed by atoms with Crippen molar-refractivity contribution in [3.8, 4) is 10.4 Å². The molecular weight excluding hydrogens is 329 g/mol. The van der Waals surface area contributed by atoms with Crippen LogP contribution in [-0.2, 0) is 11.3 Å². The lowest BCUT2D eigenvalue weighted by atomic mass is 10.2. The first-order chi connectivity index (χ1) is 11.4. The lowest BCUT2D eigenvalue weighted by Crippen LogP contribution is -2.44. The number of nitrogens with zero attached hydrogens (tertiary/aromatic N) is 1. The fourth-order valence-electron chi connectivity index (χ4n) is 2.25. The number of nitrogens with one attached hydrogen (secondary N) is 1. The monoisotopic (exact) mass is 349 g/mol. The van der Waals surface area contributed by atoms with Gasteiger partial charge in [0.05, 0.1) is 13.1 Å². The van der Waals surface area contributed by atoms with Crippen LogP contribution >= 0.6 is 11.3 Å². The second-order valence-electron chi connectivity index (χ2n) is 5.61. The molecule has 0 unspecified atom stereocenters. The van der Waals surface area contributed by atoms with Crippen molar-refractivity contribution in [2.75, 3.05) is 6.54 Å². The van der Waals surface area contributed by atoms with Crippen LogP contribution < -0.4 is 11.1 Å². The van der Waals surface area contributed by atoms with Crippen LogP contribution in [0.25, 0.3) is 10.4 Å². The molecule has 0 radical (unpaired) electrons. The van der Waals surface area contributed by atoms with Crippen LogP contribution in [0.4, 0.5) is 9.18 Å². The largest absolute Gasteiger partial charge is 0.352 e. The van der Waals surface area contributed by atoms with Gasteiger partial charge in [0.15, 0.2) is 0 Å². The smallest absolute Gasteiger partial charge is 0.312 e. The van der Waals surface area contributed by atoms with Crippen molar-refractivity contribution in [3.63, 3.8) is 0 Å². The Kier molecular flexibility index (Phi) is 5.92. The highest BCUT2D eigenvalue weighted by molar-refractivity contribution is 7.15. The fourth-order valence-corrected chi connectivity index (χ4v) is 3.25. The Balaban J connectivity index is 2.10. The highest BCUT2D eigenvalue weighted by atomic mass is 32.1. The number of rotatable bonds is 6. The van der Waals surface area contributed by atoms with Crippen molar-refractivity contribution in [2.24, 2.45) is 5.73 Å². The standard InChI is InChI=1S/C17H20FN3O2S/c1-11(2)21(16(22)9-20-17(19)23)10-14-6-7-15(24-14)12-4-3-5-13(18)8-12/h3-8,11H,9-10H2,1-2H3,(H3,19,20,23). The van der Waals surface area contributed by atoms with Gasteiger partial charge in [-0.1, -0.05) is 12.1 Å². The number of carbonyl (C=O) groups excluding carboxylic acids is 2. The summed E-state index contributed by atoms with van der Waals surface area (Å²) in [5.74, 6) is -0.483. The Labute approximate surface area is 144 Å². The van der Waals surface area contributed by atoms with E-state index in [1.807, 2.05) is 32.0 Å². The second-order valence-corrected chi connectivity index (χ2v) is 6.78. The van der Waals surface area contributed by atoms with E-state index in [-0.39, 0.29) is 24.3 Å². The molecule has 1 aromatic heterocycles. The molecule has 0 saturated heterocycles. The normalized spacial score (nSPS) is 10.7. The van der Waals surface area contributed by atoms with Crippen LogP contribution in [-0.4, -0.2) is 29.4 Å². The molecule has 3 N–H and O–H groups in total. The van der Waals surface area contributed by atoms with Crippen molar-refractivity contribution in [2.45, 2.75) is 26.4 Å². The summed E-state index contributed by atoms with van der Waals surface area (Å²) in [6.45, 7) is 4.11. The van der Waals surface area contributed by atoms with Gasteiger partial charge in [-0.15, -0.1) is 11.3 Å². The molecule has 128 valence electrons. The molecule has 1 heterocycles. The first-order valence-electron chi connectivity index (χ1n) is 7.54. The van der Waals surface area contributed by atoms with Gasteiger partial charge >= 0.3 is 6.03 Å². The summed E-state index contributed by atoms with van der Waals surface area (Å²) < 4.78 is 13.3. The van der Waals surface area contributed by atoms with Crippen LogP contribution in [0.15, 0.2) is 36.4 Å². The van der Waals surface area contributed by atoms with Crippen LogP contribution in [0.3, 0.4) is 0 Å². The third-order valence-corrected chi connectivity index (χ3v) is 4.57. The summed E-state index contributed by atoms with van der Waals surface area (Å²) in [6.07, 6.45) is 0. The van der Waals surface area contributed by atoms with Crippen molar-refractivity contribution in [3.05, 3.63) is 47.1 Å². The SMILES string of the molecule is CC(C)N(Cc1ccc(-c2cccc(F)c2)s1)C(=O)CNC(N)=O. The highest BCUT2D eigenvalue weighted by Crippen LogP contribution is 2.29. The minimum atomic E-state index is -0.725. The van der Waals surface area contributed by atoms with Crippen LogP contribution in [0.1, 0.15) is 18.7 Å².